The van der Waals surface area contributed by atoms with Crippen molar-refractivity contribution in [3.8, 4) is 17.2 Å². The lowest BCUT2D eigenvalue weighted by molar-refractivity contribution is -0.133. The van der Waals surface area contributed by atoms with Gasteiger partial charge in [-0.2, -0.15) is 0 Å². The zero-order valence-electron chi connectivity index (χ0n) is 12.9. The monoisotopic (exact) mass is 313 g/mol. The molecule has 5 heteroatoms. The van der Waals surface area contributed by atoms with E-state index in [0.29, 0.717) is 24.5 Å². The van der Waals surface area contributed by atoms with E-state index in [1.54, 1.807) is 24.3 Å². The van der Waals surface area contributed by atoms with E-state index in [4.69, 9.17) is 9.47 Å². The van der Waals surface area contributed by atoms with Crippen molar-refractivity contribution < 1.29 is 19.4 Å². The van der Waals surface area contributed by atoms with Crippen LogP contribution in [0.3, 0.4) is 0 Å². The standard InChI is InChI=1S/C18H19NO4/c1-12-17(23-16-8-3-2-7-15(16)22-12)18(21)19-10-9-13-5-4-6-14(20)11-13/h2-8,11-12,17,20H,9-10H2,1H3,(H,19,21)/t12-,17-/m1/s1. The normalized spacial score (nSPS) is 19.2. The van der Waals surface area contributed by atoms with Crippen LogP contribution in [0.2, 0.25) is 0 Å². The highest BCUT2D eigenvalue weighted by Gasteiger charge is 2.33. The molecule has 23 heavy (non-hydrogen) atoms. The molecule has 0 aliphatic carbocycles. The lowest BCUT2D eigenvalue weighted by Crippen LogP contribution is -2.49. The summed E-state index contributed by atoms with van der Waals surface area (Å²) in [7, 11) is 0. The van der Waals surface area contributed by atoms with Crippen LogP contribution in [0.15, 0.2) is 48.5 Å². The molecular formula is C18H19NO4. The van der Waals surface area contributed by atoms with E-state index in [9.17, 15) is 9.90 Å². The molecule has 0 radical (unpaired) electrons. The Kier molecular flexibility index (Phi) is 4.37. The van der Waals surface area contributed by atoms with Crippen LogP contribution in [-0.2, 0) is 11.2 Å². The Hall–Kier alpha value is -2.69. The van der Waals surface area contributed by atoms with Crippen molar-refractivity contribution in [3.63, 3.8) is 0 Å². The summed E-state index contributed by atoms with van der Waals surface area (Å²) in [5.41, 5.74) is 0.963. The fraction of sp³-hybridized carbons (Fsp3) is 0.278. The third kappa shape index (κ3) is 3.56. The first-order chi connectivity index (χ1) is 11.1. The summed E-state index contributed by atoms with van der Waals surface area (Å²) in [5, 5.41) is 12.3. The van der Waals surface area contributed by atoms with Gasteiger partial charge in [0.1, 0.15) is 11.9 Å². The number of aromatic hydroxyl groups is 1. The summed E-state index contributed by atoms with van der Waals surface area (Å²) in [6.45, 7) is 2.28. The molecule has 5 nitrogen and oxygen atoms in total. The summed E-state index contributed by atoms with van der Waals surface area (Å²) in [4.78, 5) is 12.3. The second-order valence-electron chi connectivity index (χ2n) is 5.52. The molecule has 0 spiro atoms. The minimum atomic E-state index is -0.672. The maximum atomic E-state index is 12.3. The summed E-state index contributed by atoms with van der Waals surface area (Å²) in [6, 6.07) is 14.3. The van der Waals surface area contributed by atoms with Crippen LogP contribution in [0.1, 0.15) is 12.5 Å². The lowest BCUT2D eigenvalue weighted by atomic mass is 10.1. The van der Waals surface area contributed by atoms with E-state index >= 15 is 0 Å². The van der Waals surface area contributed by atoms with Crippen molar-refractivity contribution >= 4 is 5.91 Å². The fourth-order valence-corrected chi connectivity index (χ4v) is 2.55. The third-order valence-electron chi connectivity index (χ3n) is 3.72. The summed E-state index contributed by atoms with van der Waals surface area (Å²) in [6.07, 6.45) is -0.390. The first-order valence-corrected chi connectivity index (χ1v) is 7.61. The predicted octanol–water partition coefficient (Wildman–Crippen LogP) is 2.28. The second-order valence-corrected chi connectivity index (χ2v) is 5.52. The maximum absolute atomic E-state index is 12.3. The predicted molar refractivity (Wildman–Crippen MR) is 85.8 cm³/mol. The molecule has 1 heterocycles. The number of ether oxygens (including phenoxy) is 2. The van der Waals surface area contributed by atoms with Crippen LogP contribution in [-0.4, -0.2) is 29.8 Å². The van der Waals surface area contributed by atoms with Gasteiger partial charge in [0.15, 0.2) is 11.5 Å². The molecule has 1 aliphatic rings. The van der Waals surface area contributed by atoms with Crippen molar-refractivity contribution in [1.82, 2.24) is 5.32 Å². The average molecular weight is 313 g/mol. The van der Waals surface area contributed by atoms with E-state index in [1.807, 2.05) is 31.2 Å². The van der Waals surface area contributed by atoms with Crippen molar-refractivity contribution in [3.05, 3.63) is 54.1 Å². The molecule has 0 unspecified atom stereocenters. The zero-order chi connectivity index (χ0) is 16.2. The number of carbonyl (C=O) groups is 1. The highest BCUT2D eigenvalue weighted by atomic mass is 16.6. The molecule has 2 atom stereocenters. The van der Waals surface area contributed by atoms with E-state index in [2.05, 4.69) is 5.32 Å². The smallest absolute Gasteiger partial charge is 0.265 e. The van der Waals surface area contributed by atoms with E-state index in [0.717, 1.165) is 5.56 Å². The number of phenolic OH excluding ortho intramolecular Hbond substituents is 1. The van der Waals surface area contributed by atoms with Gasteiger partial charge >= 0.3 is 0 Å². The molecule has 2 aromatic rings. The molecule has 2 N–H and O–H groups in total. The Bertz CT molecular complexity index is 701. The SMILES string of the molecule is C[C@H]1Oc2ccccc2O[C@H]1C(=O)NCCc1cccc(O)c1. The zero-order valence-corrected chi connectivity index (χ0v) is 12.9. The lowest BCUT2D eigenvalue weighted by Gasteiger charge is -2.31. The van der Waals surface area contributed by atoms with Gasteiger partial charge in [0.2, 0.25) is 6.10 Å². The van der Waals surface area contributed by atoms with Crippen molar-refractivity contribution in [1.29, 1.82) is 0 Å². The number of nitrogens with one attached hydrogen (secondary N) is 1. The van der Waals surface area contributed by atoms with Crippen molar-refractivity contribution in [2.24, 2.45) is 0 Å². The van der Waals surface area contributed by atoms with Crippen LogP contribution < -0.4 is 14.8 Å². The Morgan fingerprint density at radius 1 is 1.13 bits per heavy atom. The molecule has 0 bridgehead atoms. The first kappa shape index (κ1) is 15.2. The Morgan fingerprint density at radius 2 is 1.87 bits per heavy atom. The molecule has 0 aromatic heterocycles. The summed E-state index contributed by atoms with van der Waals surface area (Å²) in [5.74, 6) is 1.26. The summed E-state index contributed by atoms with van der Waals surface area (Å²) >= 11 is 0. The van der Waals surface area contributed by atoms with Crippen LogP contribution in [0.5, 0.6) is 17.2 Å². The number of hydrogen-bond acceptors (Lipinski definition) is 4. The van der Waals surface area contributed by atoms with Gasteiger partial charge in [0.05, 0.1) is 0 Å². The molecule has 0 saturated heterocycles. The minimum absolute atomic E-state index is 0.202. The molecule has 120 valence electrons. The van der Waals surface area contributed by atoms with Gasteiger partial charge in [0.25, 0.3) is 5.91 Å². The van der Waals surface area contributed by atoms with Gasteiger partial charge in [-0.3, -0.25) is 4.79 Å². The second kappa shape index (κ2) is 6.60. The number of carbonyl (C=O) groups excluding carboxylic acids is 1. The minimum Gasteiger partial charge on any atom is -0.508 e. The number of benzene rings is 2. The van der Waals surface area contributed by atoms with E-state index in [-0.39, 0.29) is 17.8 Å². The molecule has 1 amide bonds. The van der Waals surface area contributed by atoms with Crippen LogP contribution in [0, 0.1) is 0 Å². The third-order valence-corrected chi connectivity index (χ3v) is 3.72. The number of fused-ring (bicyclic) bond motifs is 1. The van der Waals surface area contributed by atoms with Crippen LogP contribution in [0.4, 0.5) is 0 Å². The topological polar surface area (TPSA) is 67.8 Å². The van der Waals surface area contributed by atoms with Crippen molar-refractivity contribution in [2.75, 3.05) is 6.54 Å². The Balaban J connectivity index is 1.56. The van der Waals surface area contributed by atoms with E-state index in [1.165, 1.54) is 0 Å². The van der Waals surface area contributed by atoms with Gasteiger partial charge in [-0.1, -0.05) is 24.3 Å². The molecule has 2 aromatic carbocycles. The Labute approximate surface area is 134 Å². The van der Waals surface area contributed by atoms with Gasteiger partial charge in [-0.15, -0.1) is 0 Å². The number of phenols is 1. The number of amides is 1. The molecule has 3 rings (SSSR count). The number of hydrogen-bond donors (Lipinski definition) is 2. The maximum Gasteiger partial charge on any atom is 0.265 e. The highest BCUT2D eigenvalue weighted by Crippen LogP contribution is 2.33. The average Bonchev–Trinajstić information content (AvgIpc) is 2.54. The van der Waals surface area contributed by atoms with Gasteiger partial charge in [0, 0.05) is 6.54 Å². The summed E-state index contributed by atoms with van der Waals surface area (Å²) < 4.78 is 11.5. The highest BCUT2D eigenvalue weighted by molar-refractivity contribution is 5.82. The molecule has 0 fully saturated rings. The quantitative estimate of drug-likeness (QED) is 0.909. The molecular weight excluding hydrogens is 294 g/mol. The van der Waals surface area contributed by atoms with Gasteiger partial charge in [-0.25, -0.2) is 0 Å². The number of rotatable bonds is 4. The molecule has 1 aliphatic heterocycles. The van der Waals surface area contributed by atoms with Crippen molar-refractivity contribution in [2.45, 2.75) is 25.6 Å². The number of para-hydroxylation sites is 2. The first-order valence-electron chi connectivity index (χ1n) is 7.61. The fourth-order valence-electron chi connectivity index (χ4n) is 2.55. The van der Waals surface area contributed by atoms with Gasteiger partial charge < -0.3 is 19.9 Å². The Morgan fingerprint density at radius 3 is 2.61 bits per heavy atom. The largest absolute Gasteiger partial charge is 0.508 e. The molecule has 0 saturated carbocycles. The van der Waals surface area contributed by atoms with Gasteiger partial charge in [-0.05, 0) is 43.2 Å². The van der Waals surface area contributed by atoms with Crippen LogP contribution >= 0.6 is 0 Å². The van der Waals surface area contributed by atoms with Crippen LogP contribution in [0.25, 0.3) is 0 Å². The van der Waals surface area contributed by atoms with E-state index < -0.39 is 6.10 Å².